The average Bonchev–Trinajstić information content (AvgIpc) is 2.23. The van der Waals surface area contributed by atoms with Gasteiger partial charge in [0, 0.05) is 16.7 Å². The molecule has 1 saturated carbocycles. The lowest BCUT2D eigenvalue weighted by Crippen LogP contribution is -2.39. The third-order valence-electron chi connectivity index (χ3n) is 3.50. The van der Waals surface area contributed by atoms with Gasteiger partial charge < -0.3 is 5.73 Å². The zero-order chi connectivity index (χ0) is 13.4. The second-order valence-corrected chi connectivity index (χ2v) is 7.77. The van der Waals surface area contributed by atoms with Gasteiger partial charge >= 0.3 is 0 Å². The summed E-state index contributed by atoms with van der Waals surface area (Å²) in [6.45, 7) is 2.60. The lowest BCUT2D eigenvalue weighted by atomic mass is 9.71. The van der Waals surface area contributed by atoms with Crippen molar-refractivity contribution in [1.29, 1.82) is 0 Å². The van der Waals surface area contributed by atoms with E-state index in [1.54, 1.807) is 12.1 Å². The summed E-state index contributed by atoms with van der Waals surface area (Å²) in [4.78, 5) is 0.236. The van der Waals surface area contributed by atoms with Crippen LogP contribution in [-0.4, -0.2) is 15.0 Å². The summed E-state index contributed by atoms with van der Waals surface area (Å²) in [7, 11) is -3.47. The van der Waals surface area contributed by atoms with E-state index in [0.717, 1.165) is 12.8 Å². The molecular weight excluding hydrogens is 316 g/mol. The second kappa shape index (κ2) is 4.83. The van der Waals surface area contributed by atoms with Crippen LogP contribution >= 0.6 is 15.9 Å². The molecule has 0 amide bonds. The van der Waals surface area contributed by atoms with E-state index in [0.29, 0.717) is 16.7 Å². The molecular formula is C12H17BrN2O2S. The predicted molar refractivity (Wildman–Crippen MR) is 75.7 cm³/mol. The average molecular weight is 333 g/mol. The Morgan fingerprint density at radius 2 is 2.11 bits per heavy atom. The molecule has 0 heterocycles. The van der Waals surface area contributed by atoms with Crippen molar-refractivity contribution in [3.8, 4) is 0 Å². The molecule has 4 nitrogen and oxygen atoms in total. The number of nitrogen functional groups attached to an aromatic ring is 1. The molecule has 0 aromatic heterocycles. The van der Waals surface area contributed by atoms with Gasteiger partial charge in [-0.1, -0.05) is 13.3 Å². The van der Waals surface area contributed by atoms with Gasteiger partial charge in [-0.2, -0.15) is 0 Å². The van der Waals surface area contributed by atoms with Gasteiger partial charge in [-0.25, -0.2) is 13.1 Å². The minimum atomic E-state index is -3.47. The predicted octanol–water partition coefficient (Wildman–Crippen LogP) is 2.50. The normalized spacial score (nSPS) is 18.3. The highest BCUT2D eigenvalue weighted by molar-refractivity contribution is 9.10. The van der Waals surface area contributed by atoms with Crippen molar-refractivity contribution in [3.63, 3.8) is 0 Å². The van der Waals surface area contributed by atoms with Crippen molar-refractivity contribution in [2.45, 2.75) is 31.1 Å². The molecule has 0 saturated heterocycles. The van der Waals surface area contributed by atoms with Gasteiger partial charge in [0.1, 0.15) is 0 Å². The fourth-order valence-corrected chi connectivity index (χ4v) is 4.33. The quantitative estimate of drug-likeness (QED) is 0.832. The molecule has 3 N–H and O–H groups in total. The van der Waals surface area contributed by atoms with Gasteiger partial charge in [0.25, 0.3) is 0 Å². The van der Waals surface area contributed by atoms with Crippen LogP contribution in [0.25, 0.3) is 0 Å². The van der Waals surface area contributed by atoms with Crippen molar-refractivity contribution in [2.24, 2.45) is 5.41 Å². The number of anilines is 1. The summed E-state index contributed by atoms with van der Waals surface area (Å²) in [6, 6.07) is 4.70. The van der Waals surface area contributed by atoms with Crippen molar-refractivity contribution < 1.29 is 8.42 Å². The van der Waals surface area contributed by atoms with Crippen LogP contribution in [0.3, 0.4) is 0 Å². The van der Waals surface area contributed by atoms with Crippen LogP contribution in [0, 0.1) is 5.41 Å². The maximum Gasteiger partial charge on any atom is 0.241 e. The number of benzene rings is 1. The lowest BCUT2D eigenvalue weighted by molar-refractivity contribution is 0.166. The van der Waals surface area contributed by atoms with E-state index >= 15 is 0 Å². The molecule has 1 aromatic rings. The first kappa shape index (κ1) is 13.8. The lowest BCUT2D eigenvalue weighted by Gasteiger charge is -2.38. The number of hydrogen-bond acceptors (Lipinski definition) is 3. The highest BCUT2D eigenvalue weighted by Crippen LogP contribution is 2.39. The van der Waals surface area contributed by atoms with E-state index in [-0.39, 0.29) is 10.3 Å². The number of nitrogens with two attached hydrogens (primary N) is 1. The minimum Gasteiger partial charge on any atom is -0.399 e. The van der Waals surface area contributed by atoms with Crippen LogP contribution in [0.1, 0.15) is 26.2 Å². The highest BCUT2D eigenvalue weighted by Gasteiger charge is 2.33. The van der Waals surface area contributed by atoms with Crippen LogP contribution in [-0.2, 0) is 10.0 Å². The van der Waals surface area contributed by atoms with Crippen molar-refractivity contribution in [1.82, 2.24) is 4.72 Å². The third-order valence-corrected chi connectivity index (χ3v) is 5.87. The minimum absolute atomic E-state index is 0.118. The van der Waals surface area contributed by atoms with E-state index in [9.17, 15) is 8.42 Å². The van der Waals surface area contributed by atoms with Crippen LogP contribution in [0.5, 0.6) is 0 Å². The third kappa shape index (κ3) is 2.87. The van der Waals surface area contributed by atoms with E-state index in [2.05, 4.69) is 27.6 Å². The van der Waals surface area contributed by atoms with Gasteiger partial charge in [0.05, 0.1) is 4.90 Å². The summed E-state index contributed by atoms with van der Waals surface area (Å²) in [6.07, 6.45) is 3.35. The number of nitrogens with one attached hydrogen (secondary N) is 1. The molecule has 100 valence electrons. The molecule has 18 heavy (non-hydrogen) atoms. The van der Waals surface area contributed by atoms with Gasteiger partial charge in [0.2, 0.25) is 10.0 Å². The molecule has 0 spiro atoms. The number of halogens is 1. The van der Waals surface area contributed by atoms with Crippen LogP contribution in [0.2, 0.25) is 0 Å². The molecule has 1 fully saturated rings. The van der Waals surface area contributed by atoms with E-state index in [1.807, 2.05) is 0 Å². The topological polar surface area (TPSA) is 72.2 Å². The Morgan fingerprint density at radius 1 is 1.44 bits per heavy atom. The molecule has 1 aliphatic rings. The first-order valence-electron chi connectivity index (χ1n) is 5.87. The summed E-state index contributed by atoms with van der Waals surface area (Å²) in [5, 5.41) is 0. The van der Waals surface area contributed by atoms with E-state index in [4.69, 9.17) is 5.73 Å². The zero-order valence-electron chi connectivity index (χ0n) is 10.2. The van der Waals surface area contributed by atoms with Gasteiger partial charge in [-0.05, 0) is 52.4 Å². The van der Waals surface area contributed by atoms with E-state index < -0.39 is 10.0 Å². The standard InChI is InChI=1S/C12H17BrN2O2S/c1-12(5-2-6-12)8-15-18(16,17)11-4-3-9(14)7-10(11)13/h3-4,7,15H,2,5-6,8,14H2,1H3. The first-order valence-corrected chi connectivity index (χ1v) is 8.15. The monoisotopic (exact) mass is 332 g/mol. The summed E-state index contributed by atoms with van der Waals surface area (Å²) in [5.74, 6) is 0. The maximum atomic E-state index is 12.2. The van der Waals surface area contributed by atoms with Crippen molar-refractivity contribution >= 4 is 31.6 Å². The molecule has 1 aliphatic carbocycles. The molecule has 0 aliphatic heterocycles. The van der Waals surface area contributed by atoms with E-state index in [1.165, 1.54) is 12.5 Å². The summed E-state index contributed by atoms with van der Waals surface area (Å²) < 4.78 is 27.5. The SMILES string of the molecule is CC1(CNS(=O)(=O)c2ccc(N)cc2Br)CCC1. The Morgan fingerprint density at radius 3 is 2.61 bits per heavy atom. The highest BCUT2D eigenvalue weighted by atomic mass is 79.9. The summed E-state index contributed by atoms with van der Waals surface area (Å²) in [5.41, 5.74) is 6.25. The molecule has 0 atom stereocenters. The van der Waals surface area contributed by atoms with Crippen LogP contribution < -0.4 is 10.5 Å². The summed E-state index contributed by atoms with van der Waals surface area (Å²) >= 11 is 3.24. The zero-order valence-corrected chi connectivity index (χ0v) is 12.6. The number of hydrogen-bond donors (Lipinski definition) is 2. The maximum absolute atomic E-state index is 12.2. The number of sulfonamides is 1. The van der Waals surface area contributed by atoms with Gasteiger partial charge in [-0.15, -0.1) is 0 Å². The molecule has 2 rings (SSSR count). The second-order valence-electron chi connectivity index (χ2n) is 5.18. The fraction of sp³-hybridized carbons (Fsp3) is 0.500. The molecule has 0 unspecified atom stereocenters. The van der Waals surface area contributed by atoms with Crippen molar-refractivity contribution in [2.75, 3.05) is 12.3 Å². The molecule has 0 bridgehead atoms. The Labute approximate surface area is 116 Å². The number of rotatable bonds is 4. The van der Waals surface area contributed by atoms with Crippen LogP contribution in [0.15, 0.2) is 27.6 Å². The van der Waals surface area contributed by atoms with Crippen molar-refractivity contribution in [3.05, 3.63) is 22.7 Å². The van der Waals surface area contributed by atoms with Gasteiger partial charge in [0.15, 0.2) is 0 Å². The Hall–Kier alpha value is -0.590. The Kier molecular flexibility index (Phi) is 3.71. The Bertz CT molecular complexity index is 553. The first-order chi connectivity index (χ1) is 8.32. The molecule has 6 heteroatoms. The fourth-order valence-electron chi connectivity index (χ4n) is 2.04. The molecule has 0 radical (unpaired) electrons. The van der Waals surface area contributed by atoms with Gasteiger partial charge in [-0.3, -0.25) is 0 Å². The largest absolute Gasteiger partial charge is 0.399 e. The Balaban J connectivity index is 2.15. The van der Waals surface area contributed by atoms with Crippen LogP contribution in [0.4, 0.5) is 5.69 Å². The molecule has 1 aromatic carbocycles. The smallest absolute Gasteiger partial charge is 0.241 e.